The summed E-state index contributed by atoms with van der Waals surface area (Å²) >= 11 is 0. The molecule has 3 rings (SSSR count). The number of likely N-dealkylation sites (tertiary alicyclic amines) is 1. The van der Waals surface area contributed by atoms with E-state index in [1.807, 2.05) is 18.7 Å². The largest absolute Gasteiger partial charge is 0.444 e. The van der Waals surface area contributed by atoms with Gasteiger partial charge in [-0.15, -0.1) is 0 Å². The molecule has 0 aromatic heterocycles. The summed E-state index contributed by atoms with van der Waals surface area (Å²) in [7, 11) is -4.13. The van der Waals surface area contributed by atoms with E-state index < -0.39 is 39.5 Å². The molecule has 1 saturated carbocycles. The van der Waals surface area contributed by atoms with Crippen LogP contribution in [0.5, 0.6) is 0 Å². The van der Waals surface area contributed by atoms with E-state index in [2.05, 4.69) is 5.32 Å². The molecule has 1 aliphatic carbocycles. The van der Waals surface area contributed by atoms with Crippen molar-refractivity contribution in [1.29, 1.82) is 0 Å². The molecule has 2 fully saturated rings. The van der Waals surface area contributed by atoms with Crippen LogP contribution in [0.3, 0.4) is 0 Å². The number of piperidine rings is 1. The molecule has 1 amide bonds. The van der Waals surface area contributed by atoms with Crippen LogP contribution in [0.1, 0.15) is 72.3 Å². The SMILES string of the molecule is CC(C)CC(NC(=O)OC(C)(C)C)C(=O)CN1CCC(N(C2CC2)S(=O)(=O)c2cccc(C(F)(F)F)c2)CC1. The summed E-state index contributed by atoms with van der Waals surface area (Å²) in [4.78, 5) is 27.0. The number of nitrogens with one attached hydrogen (secondary N) is 1. The summed E-state index contributed by atoms with van der Waals surface area (Å²) < 4.78 is 73.4. The van der Waals surface area contributed by atoms with Crippen molar-refractivity contribution < 1.29 is 35.9 Å². The van der Waals surface area contributed by atoms with Gasteiger partial charge in [0, 0.05) is 25.2 Å². The van der Waals surface area contributed by atoms with Gasteiger partial charge >= 0.3 is 12.3 Å². The Hall–Kier alpha value is -2.18. The summed E-state index contributed by atoms with van der Waals surface area (Å²) in [5, 5.41) is 2.69. The van der Waals surface area contributed by atoms with Crippen molar-refractivity contribution in [1.82, 2.24) is 14.5 Å². The van der Waals surface area contributed by atoms with Gasteiger partial charge in [-0.05, 0) is 77.0 Å². The van der Waals surface area contributed by atoms with Gasteiger partial charge in [-0.2, -0.15) is 17.5 Å². The third kappa shape index (κ3) is 8.91. The van der Waals surface area contributed by atoms with Gasteiger partial charge in [0.2, 0.25) is 10.0 Å². The number of sulfonamides is 1. The number of Topliss-reactive ketones (excluding diaryl/α,β-unsaturated/α-hetero) is 1. The quantitative estimate of drug-likeness (QED) is 0.429. The van der Waals surface area contributed by atoms with Crippen LogP contribution in [0, 0.1) is 5.92 Å². The van der Waals surface area contributed by atoms with Gasteiger partial charge < -0.3 is 10.1 Å². The number of carbonyl (C=O) groups excluding carboxylic acids is 2. The van der Waals surface area contributed by atoms with Gasteiger partial charge in [0.05, 0.1) is 23.0 Å². The number of benzene rings is 1. The predicted octanol–water partition coefficient (Wildman–Crippen LogP) is 4.83. The van der Waals surface area contributed by atoms with E-state index in [0.717, 1.165) is 12.1 Å². The van der Waals surface area contributed by atoms with Crippen molar-refractivity contribution in [3.63, 3.8) is 0 Å². The van der Waals surface area contributed by atoms with Crippen molar-refractivity contribution in [3.05, 3.63) is 29.8 Å². The lowest BCUT2D eigenvalue weighted by atomic mass is 9.98. The average molecular weight is 576 g/mol. The van der Waals surface area contributed by atoms with Crippen molar-refractivity contribution in [2.45, 2.75) is 102 Å². The van der Waals surface area contributed by atoms with Gasteiger partial charge in [0.15, 0.2) is 5.78 Å². The summed E-state index contributed by atoms with van der Waals surface area (Å²) in [6.45, 7) is 10.2. The molecule has 220 valence electrons. The fraction of sp³-hybridized carbons (Fsp3) is 0.704. The highest BCUT2D eigenvalue weighted by Crippen LogP contribution is 2.38. The molecule has 1 aliphatic heterocycles. The Morgan fingerprint density at radius 1 is 1.08 bits per heavy atom. The minimum atomic E-state index is -4.64. The lowest BCUT2D eigenvalue weighted by Crippen LogP contribution is -2.51. The number of ether oxygens (including phenoxy) is 1. The summed E-state index contributed by atoms with van der Waals surface area (Å²) in [5.41, 5.74) is -1.69. The highest BCUT2D eigenvalue weighted by molar-refractivity contribution is 7.89. The molecule has 39 heavy (non-hydrogen) atoms. The topological polar surface area (TPSA) is 96.0 Å². The normalized spacial score (nSPS) is 18.8. The fourth-order valence-corrected chi connectivity index (χ4v) is 6.81. The number of nitrogens with zero attached hydrogens (tertiary/aromatic N) is 2. The van der Waals surface area contributed by atoms with Crippen LogP contribution in [0.2, 0.25) is 0 Å². The Balaban J connectivity index is 1.65. The number of rotatable bonds is 10. The van der Waals surface area contributed by atoms with E-state index >= 15 is 0 Å². The van der Waals surface area contributed by atoms with E-state index in [-0.39, 0.29) is 35.2 Å². The lowest BCUT2D eigenvalue weighted by Gasteiger charge is -2.38. The average Bonchev–Trinajstić information content (AvgIpc) is 3.62. The van der Waals surface area contributed by atoms with Crippen molar-refractivity contribution >= 4 is 21.9 Å². The number of alkyl carbamates (subject to hydrolysis) is 1. The van der Waals surface area contributed by atoms with Crippen LogP contribution in [0.15, 0.2) is 29.2 Å². The zero-order valence-electron chi connectivity index (χ0n) is 23.3. The van der Waals surface area contributed by atoms with Gasteiger partial charge in [-0.25, -0.2) is 13.2 Å². The first kappa shape index (κ1) is 31.3. The van der Waals surface area contributed by atoms with Crippen molar-refractivity contribution in [2.75, 3.05) is 19.6 Å². The first-order valence-corrected chi connectivity index (χ1v) is 14.9. The number of amides is 1. The standard InChI is InChI=1S/C27H40F3N3O5S/c1-18(2)15-23(31-25(35)38-26(3,4)5)24(34)17-32-13-11-21(12-14-32)33(20-9-10-20)39(36,37)22-8-6-7-19(16-22)27(28,29)30/h6-8,16,18,20-21,23H,9-15,17H2,1-5H3,(H,31,35). The summed E-state index contributed by atoms with van der Waals surface area (Å²) in [5.74, 6) is 0.0106. The van der Waals surface area contributed by atoms with E-state index in [0.29, 0.717) is 51.3 Å². The molecule has 1 unspecified atom stereocenters. The summed E-state index contributed by atoms with van der Waals surface area (Å²) in [6, 6.07) is 2.59. The molecule has 1 atom stereocenters. The zero-order chi connectivity index (χ0) is 29.2. The van der Waals surface area contributed by atoms with Gasteiger partial charge in [0.1, 0.15) is 5.60 Å². The molecule has 8 nitrogen and oxygen atoms in total. The molecule has 1 aromatic rings. The fourth-order valence-electron chi connectivity index (χ4n) is 4.83. The first-order chi connectivity index (χ1) is 18.0. The minimum Gasteiger partial charge on any atom is -0.444 e. The first-order valence-electron chi connectivity index (χ1n) is 13.4. The van der Waals surface area contributed by atoms with Crippen LogP contribution in [0.4, 0.5) is 18.0 Å². The number of hydrogen-bond donors (Lipinski definition) is 1. The van der Waals surface area contributed by atoms with Crippen LogP contribution < -0.4 is 5.32 Å². The number of alkyl halides is 3. The molecule has 12 heteroatoms. The Bertz CT molecular complexity index is 1120. The number of carbonyl (C=O) groups is 2. The van der Waals surface area contributed by atoms with E-state index in [4.69, 9.17) is 4.74 Å². The Morgan fingerprint density at radius 3 is 2.18 bits per heavy atom. The molecule has 0 bridgehead atoms. The highest BCUT2D eigenvalue weighted by atomic mass is 32.2. The summed E-state index contributed by atoms with van der Waals surface area (Å²) in [6.07, 6.45) is -2.58. The van der Waals surface area contributed by atoms with E-state index in [1.165, 1.54) is 10.4 Å². The molecule has 0 radical (unpaired) electrons. The highest BCUT2D eigenvalue weighted by Gasteiger charge is 2.44. The number of ketones is 1. The van der Waals surface area contributed by atoms with Crippen LogP contribution in [-0.2, 0) is 25.7 Å². The van der Waals surface area contributed by atoms with Gasteiger partial charge in [-0.1, -0.05) is 19.9 Å². The molecule has 1 N–H and O–H groups in total. The molecule has 1 saturated heterocycles. The minimum absolute atomic E-state index is 0.101. The molecule has 0 spiro atoms. The van der Waals surface area contributed by atoms with E-state index in [9.17, 15) is 31.2 Å². The van der Waals surface area contributed by atoms with Gasteiger partial charge in [0.25, 0.3) is 0 Å². The van der Waals surface area contributed by atoms with Crippen LogP contribution in [0.25, 0.3) is 0 Å². The van der Waals surface area contributed by atoms with Gasteiger partial charge in [-0.3, -0.25) is 9.69 Å². The molecule has 1 heterocycles. The van der Waals surface area contributed by atoms with Crippen LogP contribution in [-0.4, -0.2) is 72.9 Å². The zero-order valence-corrected chi connectivity index (χ0v) is 24.1. The second-order valence-corrected chi connectivity index (χ2v) is 13.7. The Morgan fingerprint density at radius 2 is 1.67 bits per heavy atom. The molecule has 2 aliphatic rings. The van der Waals surface area contributed by atoms with Crippen LogP contribution >= 0.6 is 0 Å². The molecular weight excluding hydrogens is 535 g/mol. The Labute approximate surface area is 229 Å². The second-order valence-electron chi connectivity index (χ2n) is 11.9. The maximum Gasteiger partial charge on any atom is 0.416 e. The number of halogens is 3. The van der Waals surface area contributed by atoms with Crippen molar-refractivity contribution in [2.24, 2.45) is 5.92 Å². The monoisotopic (exact) mass is 575 g/mol. The third-order valence-corrected chi connectivity index (χ3v) is 8.73. The lowest BCUT2D eigenvalue weighted by molar-refractivity contribution is -0.137. The van der Waals surface area contributed by atoms with Crippen molar-refractivity contribution in [3.8, 4) is 0 Å². The third-order valence-electron chi connectivity index (χ3n) is 6.73. The molecule has 1 aromatic carbocycles. The maximum atomic E-state index is 13.5. The van der Waals surface area contributed by atoms with E-state index in [1.54, 1.807) is 20.8 Å². The predicted molar refractivity (Wildman–Crippen MR) is 141 cm³/mol. The number of hydrogen-bond acceptors (Lipinski definition) is 6. The Kier molecular flexibility index (Phi) is 9.76. The smallest absolute Gasteiger partial charge is 0.416 e. The molecular formula is C27H40F3N3O5S. The second kappa shape index (κ2) is 12.1. The maximum absolute atomic E-state index is 13.5.